The molecule has 2 N–H and O–H groups in total. The van der Waals surface area contributed by atoms with Gasteiger partial charge in [0.25, 0.3) is 0 Å². The first-order chi connectivity index (χ1) is 12.0. The van der Waals surface area contributed by atoms with Crippen LogP contribution in [0.25, 0.3) is 0 Å². The van der Waals surface area contributed by atoms with E-state index in [4.69, 9.17) is 21.7 Å². The molecule has 0 unspecified atom stereocenters. The Bertz CT molecular complexity index is 745. The van der Waals surface area contributed by atoms with Crippen LogP contribution in [0.3, 0.4) is 0 Å². The van der Waals surface area contributed by atoms with E-state index >= 15 is 0 Å². The number of esters is 1. The molecule has 0 aliphatic carbocycles. The highest BCUT2D eigenvalue weighted by Crippen LogP contribution is 2.19. The second-order valence-corrected chi connectivity index (χ2v) is 5.86. The summed E-state index contributed by atoms with van der Waals surface area (Å²) in [6, 6.07) is 13.3. The monoisotopic (exact) mass is 358 g/mol. The van der Waals surface area contributed by atoms with Crippen LogP contribution in [0, 0.1) is 6.92 Å². The summed E-state index contributed by atoms with van der Waals surface area (Å²) >= 11 is 5.33. The molecule has 0 saturated carbocycles. The third-order valence-corrected chi connectivity index (χ3v) is 4.09. The molecule has 0 aliphatic heterocycles. The lowest BCUT2D eigenvalue weighted by Gasteiger charge is -2.14. The molecule has 0 fully saturated rings. The first kappa shape index (κ1) is 18.7. The van der Waals surface area contributed by atoms with Crippen molar-refractivity contribution >= 4 is 29.0 Å². The van der Waals surface area contributed by atoms with Crippen LogP contribution in [0.1, 0.15) is 21.5 Å². The van der Waals surface area contributed by atoms with E-state index in [1.165, 1.54) is 12.7 Å². The molecule has 132 valence electrons. The third kappa shape index (κ3) is 5.19. The number of rotatable bonds is 6. The Labute approximate surface area is 153 Å². The Balaban J connectivity index is 1.88. The van der Waals surface area contributed by atoms with Crippen LogP contribution < -0.4 is 15.4 Å². The highest BCUT2D eigenvalue weighted by atomic mass is 32.1. The largest absolute Gasteiger partial charge is 0.497 e. The topological polar surface area (TPSA) is 59.6 Å². The van der Waals surface area contributed by atoms with E-state index in [-0.39, 0.29) is 5.97 Å². The Morgan fingerprint density at radius 1 is 1.12 bits per heavy atom. The molecule has 0 heterocycles. The zero-order valence-corrected chi connectivity index (χ0v) is 15.4. The number of nitrogens with one attached hydrogen (secondary N) is 2. The molecule has 0 bridgehead atoms. The quantitative estimate of drug-likeness (QED) is 0.610. The first-order valence-corrected chi connectivity index (χ1v) is 8.31. The summed E-state index contributed by atoms with van der Waals surface area (Å²) in [5.41, 5.74) is 3.30. The number of carbonyl (C=O) groups excluding carboxylic acids is 1. The Morgan fingerprint density at radius 2 is 1.84 bits per heavy atom. The highest BCUT2D eigenvalue weighted by molar-refractivity contribution is 7.80. The summed E-state index contributed by atoms with van der Waals surface area (Å²) in [6.45, 7) is 2.56. The predicted molar refractivity (Wildman–Crippen MR) is 103 cm³/mol. The lowest BCUT2D eigenvalue weighted by atomic mass is 10.1. The van der Waals surface area contributed by atoms with Gasteiger partial charge < -0.3 is 20.1 Å². The minimum Gasteiger partial charge on any atom is -0.497 e. The Hall–Kier alpha value is -2.60. The normalized spacial score (nSPS) is 10.0. The van der Waals surface area contributed by atoms with Gasteiger partial charge in [0, 0.05) is 12.2 Å². The molecular formula is C19H22N2O3S. The second-order valence-electron chi connectivity index (χ2n) is 5.45. The van der Waals surface area contributed by atoms with Gasteiger partial charge in [0.05, 0.1) is 19.8 Å². The van der Waals surface area contributed by atoms with Gasteiger partial charge in [-0.1, -0.05) is 18.2 Å². The number of hydrogen-bond donors (Lipinski definition) is 2. The molecule has 0 amide bonds. The summed E-state index contributed by atoms with van der Waals surface area (Å²) < 4.78 is 9.93. The number of hydrogen-bond acceptors (Lipinski definition) is 4. The van der Waals surface area contributed by atoms with Crippen LogP contribution in [0.2, 0.25) is 0 Å². The smallest absolute Gasteiger partial charge is 0.338 e. The molecule has 0 atom stereocenters. The first-order valence-electron chi connectivity index (χ1n) is 7.91. The van der Waals surface area contributed by atoms with Gasteiger partial charge >= 0.3 is 5.97 Å². The summed E-state index contributed by atoms with van der Waals surface area (Å²) in [5, 5.41) is 6.81. The number of anilines is 1. The Morgan fingerprint density at radius 3 is 2.48 bits per heavy atom. The number of benzene rings is 2. The fraction of sp³-hybridized carbons (Fsp3) is 0.263. The van der Waals surface area contributed by atoms with Crippen molar-refractivity contribution in [1.82, 2.24) is 5.32 Å². The number of carbonyl (C=O) groups is 1. The second kappa shape index (κ2) is 9.03. The molecule has 0 aliphatic rings. The zero-order chi connectivity index (χ0) is 18.2. The van der Waals surface area contributed by atoms with Gasteiger partial charge in [0.1, 0.15) is 5.75 Å². The van der Waals surface area contributed by atoms with Crippen molar-refractivity contribution in [3.63, 3.8) is 0 Å². The van der Waals surface area contributed by atoms with E-state index in [0.29, 0.717) is 17.2 Å². The molecule has 2 aromatic rings. The lowest BCUT2D eigenvalue weighted by Crippen LogP contribution is -2.30. The average molecular weight is 358 g/mol. The van der Waals surface area contributed by atoms with Gasteiger partial charge in [-0.05, 0) is 61.0 Å². The lowest BCUT2D eigenvalue weighted by molar-refractivity contribution is 0.0600. The molecule has 25 heavy (non-hydrogen) atoms. The molecule has 0 aromatic heterocycles. The minimum atomic E-state index is -0.362. The summed E-state index contributed by atoms with van der Waals surface area (Å²) in [6.07, 6.45) is 0.840. The molecule has 2 rings (SSSR count). The van der Waals surface area contributed by atoms with Gasteiger partial charge in [-0.15, -0.1) is 0 Å². The number of ether oxygens (including phenoxy) is 2. The van der Waals surface area contributed by atoms with E-state index in [1.807, 2.05) is 37.3 Å². The summed E-state index contributed by atoms with van der Waals surface area (Å²) in [4.78, 5) is 11.7. The summed E-state index contributed by atoms with van der Waals surface area (Å²) in [5.74, 6) is 0.481. The van der Waals surface area contributed by atoms with E-state index in [1.54, 1.807) is 19.2 Å². The van der Waals surface area contributed by atoms with Crippen molar-refractivity contribution in [2.45, 2.75) is 13.3 Å². The molecule has 0 radical (unpaired) electrons. The maximum atomic E-state index is 11.7. The maximum Gasteiger partial charge on any atom is 0.338 e. The number of methoxy groups -OCH3 is 2. The molecular weight excluding hydrogens is 336 g/mol. The van der Waals surface area contributed by atoms with Crippen LogP contribution in [0.15, 0.2) is 42.5 Å². The number of thiocarbonyl (C=S) groups is 1. The maximum absolute atomic E-state index is 11.7. The van der Waals surface area contributed by atoms with Gasteiger partial charge in [-0.25, -0.2) is 4.79 Å². The third-order valence-electron chi connectivity index (χ3n) is 3.85. The van der Waals surface area contributed by atoms with Gasteiger partial charge in [0.2, 0.25) is 0 Å². The van der Waals surface area contributed by atoms with Gasteiger partial charge in [-0.2, -0.15) is 0 Å². The zero-order valence-electron chi connectivity index (χ0n) is 14.6. The van der Waals surface area contributed by atoms with E-state index in [9.17, 15) is 4.79 Å². The van der Waals surface area contributed by atoms with Crippen molar-refractivity contribution in [1.29, 1.82) is 0 Å². The SMILES string of the molecule is COC(=O)c1cccc(NC(=S)NCCc2ccc(OC)cc2)c1C. The average Bonchev–Trinajstić information content (AvgIpc) is 2.63. The van der Waals surface area contributed by atoms with Crippen LogP contribution >= 0.6 is 12.2 Å². The fourth-order valence-electron chi connectivity index (χ4n) is 2.38. The molecule has 6 heteroatoms. The van der Waals surface area contributed by atoms with Crippen molar-refractivity contribution in [3.8, 4) is 5.75 Å². The van der Waals surface area contributed by atoms with Crippen LogP contribution in [0.5, 0.6) is 5.75 Å². The van der Waals surface area contributed by atoms with Crippen molar-refractivity contribution in [3.05, 3.63) is 59.2 Å². The van der Waals surface area contributed by atoms with E-state index in [2.05, 4.69) is 10.6 Å². The minimum absolute atomic E-state index is 0.362. The van der Waals surface area contributed by atoms with Crippen LogP contribution in [-0.2, 0) is 11.2 Å². The van der Waals surface area contributed by atoms with Crippen LogP contribution in [-0.4, -0.2) is 31.8 Å². The standard InChI is InChI=1S/C19H22N2O3S/c1-13-16(18(22)24-3)5-4-6-17(13)21-19(25)20-12-11-14-7-9-15(23-2)10-8-14/h4-10H,11-12H2,1-3H3,(H2,20,21,25). The van der Waals surface area contributed by atoms with E-state index < -0.39 is 0 Å². The molecule has 0 saturated heterocycles. The van der Waals surface area contributed by atoms with Gasteiger partial charge in [0.15, 0.2) is 5.11 Å². The molecule has 0 spiro atoms. The molecule has 2 aromatic carbocycles. The van der Waals surface area contributed by atoms with E-state index in [0.717, 1.165) is 23.4 Å². The highest BCUT2D eigenvalue weighted by Gasteiger charge is 2.12. The van der Waals surface area contributed by atoms with Crippen molar-refractivity contribution < 1.29 is 14.3 Å². The molecule has 5 nitrogen and oxygen atoms in total. The van der Waals surface area contributed by atoms with Gasteiger partial charge in [-0.3, -0.25) is 0 Å². The van der Waals surface area contributed by atoms with Crippen LogP contribution in [0.4, 0.5) is 5.69 Å². The Kier molecular flexibility index (Phi) is 6.77. The summed E-state index contributed by atoms with van der Waals surface area (Å²) in [7, 11) is 3.02. The van der Waals surface area contributed by atoms with Crippen molar-refractivity contribution in [2.75, 3.05) is 26.1 Å². The van der Waals surface area contributed by atoms with Crippen molar-refractivity contribution in [2.24, 2.45) is 0 Å². The fourth-order valence-corrected chi connectivity index (χ4v) is 2.59. The predicted octanol–water partition coefficient (Wildman–Crippen LogP) is 3.32.